The largest absolute Gasteiger partial charge is 0.493 e. The maximum Gasteiger partial charge on any atom is 0.122 e. The number of ether oxygens (including phenoxy) is 2. The van der Waals surface area contributed by atoms with Crippen molar-refractivity contribution in [3.05, 3.63) is 47.5 Å². The lowest BCUT2D eigenvalue weighted by atomic mass is 9.95. The van der Waals surface area contributed by atoms with E-state index < -0.39 is 0 Å². The highest BCUT2D eigenvalue weighted by atomic mass is 16.5. The van der Waals surface area contributed by atoms with Crippen molar-refractivity contribution in [2.75, 3.05) is 59.6 Å². The van der Waals surface area contributed by atoms with E-state index >= 15 is 0 Å². The number of hydrogen-bond donors (Lipinski definition) is 2. The Balaban J connectivity index is 1.58. The zero-order valence-electron chi connectivity index (χ0n) is 20.4. The first-order valence-corrected chi connectivity index (χ1v) is 12.1. The van der Waals surface area contributed by atoms with Gasteiger partial charge in [-0.15, -0.1) is 0 Å². The van der Waals surface area contributed by atoms with Crippen LogP contribution in [0.2, 0.25) is 0 Å². The van der Waals surface area contributed by atoms with Crippen molar-refractivity contribution in [3.63, 3.8) is 0 Å². The number of nitrogens with zero attached hydrogens (tertiary/aromatic N) is 2. The highest BCUT2D eigenvalue weighted by molar-refractivity contribution is 5.74. The second-order valence-corrected chi connectivity index (χ2v) is 9.03. The van der Waals surface area contributed by atoms with E-state index in [0.29, 0.717) is 19.8 Å². The molecule has 182 valence electrons. The van der Waals surface area contributed by atoms with Crippen molar-refractivity contribution in [1.82, 2.24) is 9.80 Å². The van der Waals surface area contributed by atoms with E-state index in [1.165, 1.54) is 11.1 Å². The summed E-state index contributed by atoms with van der Waals surface area (Å²) in [6.45, 7) is 10.0. The zero-order chi connectivity index (χ0) is 23.6. The summed E-state index contributed by atoms with van der Waals surface area (Å²) < 4.78 is 12.2. The van der Waals surface area contributed by atoms with Crippen LogP contribution in [0.5, 0.6) is 11.5 Å². The van der Waals surface area contributed by atoms with E-state index in [-0.39, 0.29) is 12.7 Å². The van der Waals surface area contributed by atoms with Crippen LogP contribution in [0.15, 0.2) is 36.4 Å². The van der Waals surface area contributed by atoms with Gasteiger partial charge in [-0.05, 0) is 74.5 Å². The first-order chi connectivity index (χ1) is 16.0. The second kappa shape index (κ2) is 12.9. The van der Waals surface area contributed by atoms with Crippen LogP contribution < -0.4 is 9.47 Å². The minimum atomic E-state index is -0.166. The molecule has 1 fully saturated rings. The number of aliphatic hydroxyl groups is 2. The van der Waals surface area contributed by atoms with Gasteiger partial charge in [-0.3, -0.25) is 0 Å². The summed E-state index contributed by atoms with van der Waals surface area (Å²) in [6, 6.07) is 12.5. The number of β-amino-alcohol motifs (C(OH)–C–C–N with tert-alkyl or cyclic N) is 1. The number of benzene rings is 2. The second-order valence-electron chi connectivity index (χ2n) is 9.03. The van der Waals surface area contributed by atoms with Gasteiger partial charge in [0.1, 0.15) is 11.5 Å². The van der Waals surface area contributed by atoms with Crippen molar-refractivity contribution < 1.29 is 19.7 Å². The Kier molecular flexibility index (Phi) is 10.0. The molecule has 1 heterocycles. The Morgan fingerprint density at radius 3 is 2.09 bits per heavy atom. The SMILES string of the molecule is Cc1c(OCCCN(C)CCO)cccc1-c1cccc(OCCCN2CC[C@@H](O)C2)c1C. The molecule has 2 aromatic carbocycles. The smallest absolute Gasteiger partial charge is 0.122 e. The predicted octanol–water partition coefficient (Wildman–Crippen LogP) is 3.50. The Hall–Kier alpha value is -2.12. The standard InChI is InChI=1S/C27H40N2O4/c1-21-24(8-4-10-26(21)32-18-6-13-28(3)16-17-30)25-9-5-11-27(22(25)2)33-19-7-14-29-15-12-23(31)20-29/h4-5,8-11,23,30-31H,6-7,12-20H2,1-3H3/t23-/m1/s1. The molecule has 33 heavy (non-hydrogen) atoms. The van der Waals surface area contributed by atoms with Gasteiger partial charge < -0.3 is 29.5 Å². The van der Waals surface area contributed by atoms with E-state index in [2.05, 4.69) is 41.8 Å². The fourth-order valence-corrected chi connectivity index (χ4v) is 4.41. The van der Waals surface area contributed by atoms with Gasteiger partial charge in [-0.2, -0.15) is 0 Å². The van der Waals surface area contributed by atoms with Crippen LogP contribution in [-0.4, -0.2) is 85.7 Å². The summed E-state index contributed by atoms with van der Waals surface area (Å²) >= 11 is 0. The van der Waals surface area contributed by atoms with Crippen LogP contribution in [0.3, 0.4) is 0 Å². The van der Waals surface area contributed by atoms with Crippen LogP contribution in [-0.2, 0) is 0 Å². The summed E-state index contributed by atoms with van der Waals surface area (Å²) in [5.41, 5.74) is 4.61. The molecule has 1 aliphatic rings. The van der Waals surface area contributed by atoms with Crippen molar-refractivity contribution in [2.24, 2.45) is 0 Å². The molecule has 0 unspecified atom stereocenters. The van der Waals surface area contributed by atoms with Gasteiger partial charge in [0.2, 0.25) is 0 Å². The lowest BCUT2D eigenvalue weighted by Gasteiger charge is -2.18. The molecular formula is C27H40N2O4. The first-order valence-electron chi connectivity index (χ1n) is 12.1. The highest BCUT2D eigenvalue weighted by Crippen LogP contribution is 2.35. The van der Waals surface area contributed by atoms with Gasteiger partial charge in [-0.25, -0.2) is 0 Å². The molecule has 1 atom stereocenters. The molecule has 6 nitrogen and oxygen atoms in total. The normalized spacial score (nSPS) is 16.5. The van der Waals surface area contributed by atoms with Crippen LogP contribution >= 0.6 is 0 Å². The van der Waals surface area contributed by atoms with E-state index in [9.17, 15) is 5.11 Å². The average molecular weight is 457 g/mol. The maximum absolute atomic E-state index is 9.66. The zero-order valence-corrected chi connectivity index (χ0v) is 20.4. The molecule has 0 aromatic heterocycles. The van der Waals surface area contributed by atoms with Crippen LogP contribution in [0.4, 0.5) is 0 Å². The lowest BCUT2D eigenvalue weighted by Crippen LogP contribution is -2.24. The van der Waals surface area contributed by atoms with Crippen LogP contribution in [0.25, 0.3) is 11.1 Å². The molecule has 2 N–H and O–H groups in total. The van der Waals surface area contributed by atoms with Crippen LogP contribution in [0.1, 0.15) is 30.4 Å². The lowest BCUT2D eigenvalue weighted by molar-refractivity contribution is 0.173. The number of likely N-dealkylation sites (N-methyl/N-ethyl adjacent to an activating group) is 1. The third-order valence-corrected chi connectivity index (χ3v) is 6.41. The van der Waals surface area contributed by atoms with E-state index in [1.807, 2.05) is 25.2 Å². The fraction of sp³-hybridized carbons (Fsp3) is 0.556. The molecule has 1 aliphatic heterocycles. The van der Waals surface area contributed by atoms with Crippen molar-refractivity contribution in [1.29, 1.82) is 0 Å². The van der Waals surface area contributed by atoms with Crippen LogP contribution in [0, 0.1) is 13.8 Å². The number of rotatable bonds is 13. The molecule has 0 amide bonds. The number of hydrogen-bond acceptors (Lipinski definition) is 6. The Morgan fingerprint density at radius 2 is 1.55 bits per heavy atom. The monoisotopic (exact) mass is 456 g/mol. The third kappa shape index (κ3) is 7.44. The van der Waals surface area contributed by atoms with Gasteiger partial charge in [0.15, 0.2) is 0 Å². The molecule has 1 saturated heterocycles. The Labute approximate surface area is 198 Å². The van der Waals surface area contributed by atoms with E-state index in [0.717, 1.165) is 68.1 Å². The predicted molar refractivity (Wildman–Crippen MR) is 133 cm³/mol. The maximum atomic E-state index is 9.66. The molecule has 0 radical (unpaired) electrons. The van der Waals surface area contributed by atoms with E-state index in [4.69, 9.17) is 14.6 Å². The van der Waals surface area contributed by atoms with Gasteiger partial charge in [0.25, 0.3) is 0 Å². The molecular weight excluding hydrogens is 416 g/mol. The fourth-order valence-electron chi connectivity index (χ4n) is 4.41. The number of likely N-dealkylation sites (tertiary alicyclic amines) is 1. The number of aliphatic hydroxyl groups excluding tert-OH is 2. The average Bonchev–Trinajstić information content (AvgIpc) is 3.22. The van der Waals surface area contributed by atoms with Crippen molar-refractivity contribution in [2.45, 2.75) is 39.2 Å². The van der Waals surface area contributed by atoms with Gasteiger partial charge in [0, 0.05) is 32.7 Å². The molecule has 3 rings (SSSR count). The topological polar surface area (TPSA) is 65.4 Å². The summed E-state index contributed by atoms with van der Waals surface area (Å²) in [5.74, 6) is 1.84. The van der Waals surface area contributed by atoms with Gasteiger partial charge in [-0.1, -0.05) is 24.3 Å². The Bertz CT molecular complexity index is 873. The minimum Gasteiger partial charge on any atom is -0.493 e. The summed E-state index contributed by atoms with van der Waals surface area (Å²) in [6.07, 6.45) is 2.58. The molecule has 0 bridgehead atoms. The molecule has 2 aromatic rings. The molecule has 6 heteroatoms. The minimum absolute atomic E-state index is 0.166. The summed E-state index contributed by atoms with van der Waals surface area (Å²) in [4.78, 5) is 4.41. The summed E-state index contributed by atoms with van der Waals surface area (Å²) in [5, 5.41) is 18.7. The first kappa shape index (κ1) is 25.5. The van der Waals surface area contributed by atoms with Crippen molar-refractivity contribution >= 4 is 0 Å². The molecule has 0 aliphatic carbocycles. The quantitative estimate of drug-likeness (QED) is 0.450. The molecule has 0 spiro atoms. The van der Waals surface area contributed by atoms with Gasteiger partial charge >= 0.3 is 0 Å². The Morgan fingerprint density at radius 1 is 0.939 bits per heavy atom. The molecule has 0 saturated carbocycles. The van der Waals surface area contributed by atoms with Gasteiger partial charge in [0.05, 0.1) is 25.9 Å². The van der Waals surface area contributed by atoms with E-state index in [1.54, 1.807) is 0 Å². The van der Waals surface area contributed by atoms with Crippen molar-refractivity contribution in [3.8, 4) is 22.6 Å². The third-order valence-electron chi connectivity index (χ3n) is 6.41. The highest BCUT2D eigenvalue weighted by Gasteiger charge is 2.19. The summed E-state index contributed by atoms with van der Waals surface area (Å²) in [7, 11) is 2.01.